The van der Waals surface area contributed by atoms with Crippen molar-refractivity contribution in [3.63, 3.8) is 0 Å². The summed E-state index contributed by atoms with van der Waals surface area (Å²) < 4.78 is 24.6. The number of hydrogen-bond donors (Lipinski definition) is 1. The van der Waals surface area contributed by atoms with Gasteiger partial charge in [0.05, 0.1) is 16.8 Å². The van der Waals surface area contributed by atoms with Crippen LogP contribution in [0, 0.1) is 0 Å². The first-order valence-corrected chi connectivity index (χ1v) is 7.05. The molecule has 0 saturated carbocycles. The van der Waals surface area contributed by atoms with E-state index < -0.39 is 21.1 Å². The van der Waals surface area contributed by atoms with Crippen LogP contribution in [-0.4, -0.2) is 23.1 Å². The highest BCUT2D eigenvalue weighted by atomic mass is 32.2. The SMILES string of the molecule is CCCS(=O)(=O)n1c(=O)c(=O)[nH]c2ccccc21. The van der Waals surface area contributed by atoms with Gasteiger partial charge in [0.25, 0.3) is 0 Å². The van der Waals surface area contributed by atoms with Gasteiger partial charge in [-0.25, -0.2) is 8.42 Å². The zero-order valence-electron chi connectivity index (χ0n) is 9.71. The molecule has 0 radical (unpaired) electrons. The predicted octanol–water partition coefficient (Wildman–Crippen LogP) is 0.278. The second-order valence-electron chi connectivity index (χ2n) is 3.86. The molecule has 2 rings (SSSR count). The van der Waals surface area contributed by atoms with E-state index in [0.29, 0.717) is 15.9 Å². The largest absolute Gasteiger partial charge is 0.330 e. The van der Waals surface area contributed by atoms with Gasteiger partial charge in [-0.15, -0.1) is 0 Å². The molecule has 0 amide bonds. The normalized spacial score (nSPS) is 11.8. The van der Waals surface area contributed by atoms with Crippen molar-refractivity contribution in [3.8, 4) is 0 Å². The van der Waals surface area contributed by atoms with Gasteiger partial charge in [-0.2, -0.15) is 3.97 Å². The minimum absolute atomic E-state index is 0.180. The van der Waals surface area contributed by atoms with Gasteiger partial charge in [-0.05, 0) is 18.6 Å². The summed E-state index contributed by atoms with van der Waals surface area (Å²) in [6.07, 6.45) is 0.371. The fraction of sp³-hybridized carbons (Fsp3) is 0.273. The van der Waals surface area contributed by atoms with Gasteiger partial charge < -0.3 is 4.98 Å². The van der Waals surface area contributed by atoms with Crippen LogP contribution in [0.3, 0.4) is 0 Å². The maximum Gasteiger partial charge on any atom is 0.330 e. The molecule has 0 atom stereocenters. The van der Waals surface area contributed by atoms with Crippen LogP contribution in [0.2, 0.25) is 0 Å². The summed E-state index contributed by atoms with van der Waals surface area (Å²) in [5, 5.41) is 0. The van der Waals surface area contributed by atoms with Crippen molar-refractivity contribution in [2.45, 2.75) is 13.3 Å². The summed E-state index contributed by atoms with van der Waals surface area (Å²) in [7, 11) is -3.81. The molecular formula is C11H12N2O4S. The van der Waals surface area contributed by atoms with Gasteiger partial charge in [0, 0.05) is 0 Å². The molecule has 0 unspecified atom stereocenters. The number of fused-ring (bicyclic) bond motifs is 1. The first-order chi connectivity index (χ1) is 8.47. The third kappa shape index (κ3) is 1.97. The van der Waals surface area contributed by atoms with Crippen LogP contribution >= 0.6 is 0 Å². The highest BCUT2D eigenvalue weighted by molar-refractivity contribution is 7.90. The predicted molar refractivity (Wildman–Crippen MR) is 68.3 cm³/mol. The fourth-order valence-corrected chi connectivity index (χ4v) is 3.25. The molecule has 0 aliphatic rings. The van der Waals surface area contributed by atoms with Crippen molar-refractivity contribution >= 4 is 21.1 Å². The number of aromatic amines is 1. The molecule has 0 aliphatic heterocycles. The standard InChI is InChI=1S/C11H12N2O4S/c1-2-7-18(16,17)13-9-6-4-3-5-8(9)12-10(14)11(13)15/h3-6H,2,7H2,1H3,(H,12,14). The summed E-state index contributed by atoms with van der Waals surface area (Å²) in [5.74, 6) is -0.180. The van der Waals surface area contributed by atoms with Crippen LogP contribution in [0.15, 0.2) is 33.9 Å². The Morgan fingerprint density at radius 1 is 1.22 bits per heavy atom. The highest BCUT2D eigenvalue weighted by Crippen LogP contribution is 2.10. The number of aromatic nitrogens is 2. The van der Waals surface area contributed by atoms with Gasteiger partial charge >= 0.3 is 11.1 Å². The third-order valence-corrected chi connectivity index (χ3v) is 4.33. The quantitative estimate of drug-likeness (QED) is 0.810. The minimum atomic E-state index is -3.81. The van der Waals surface area contributed by atoms with Crippen LogP contribution in [0.1, 0.15) is 13.3 Å². The summed E-state index contributed by atoms with van der Waals surface area (Å²) in [6, 6.07) is 6.30. The average molecular weight is 268 g/mol. The lowest BCUT2D eigenvalue weighted by Crippen LogP contribution is -2.40. The maximum atomic E-state index is 12.0. The minimum Gasteiger partial charge on any atom is -0.316 e. The molecule has 0 spiro atoms. The lowest BCUT2D eigenvalue weighted by atomic mass is 10.3. The fourth-order valence-electron chi connectivity index (χ4n) is 1.76. The van der Waals surface area contributed by atoms with Crippen molar-refractivity contribution in [1.82, 2.24) is 8.96 Å². The molecule has 7 heteroatoms. The zero-order valence-corrected chi connectivity index (χ0v) is 10.5. The van der Waals surface area contributed by atoms with E-state index in [4.69, 9.17) is 0 Å². The van der Waals surface area contributed by atoms with Crippen molar-refractivity contribution in [1.29, 1.82) is 0 Å². The number of para-hydroxylation sites is 2. The van der Waals surface area contributed by atoms with Crippen LogP contribution in [0.4, 0.5) is 0 Å². The summed E-state index contributed by atoms with van der Waals surface area (Å²) >= 11 is 0. The molecule has 6 nitrogen and oxygen atoms in total. The van der Waals surface area contributed by atoms with Gasteiger partial charge in [-0.3, -0.25) is 9.59 Å². The van der Waals surface area contributed by atoms with Gasteiger partial charge in [-0.1, -0.05) is 19.1 Å². The molecule has 1 aromatic heterocycles. The topological polar surface area (TPSA) is 89.0 Å². The summed E-state index contributed by atoms with van der Waals surface area (Å²) in [4.78, 5) is 25.6. The van der Waals surface area contributed by atoms with Crippen LogP contribution in [0.25, 0.3) is 11.0 Å². The van der Waals surface area contributed by atoms with E-state index in [1.54, 1.807) is 25.1 Å². The Bertz CT molecular complexity index is 802. The van der Waals surface area contributed by atoms with E-state index in [-0.39, 0.29) is 11.3 Å². The Kier molecular flexibility index (Phi) is 3.08. The number of H-pyrrole nitrogens is 1. The summed E-state index contributed by atoms with van der Waals surface area (Å²) in [6.45, 7) is 1.69. The molecule has 0 bridgehead atoms. The first kappa shape index (κ1) is 12.6. The van der Waals surface area contributed by atoms with E-state index in [1.807, 2.05) is 0 Å². The first-order valence-electron chi connectivity index (χ1n) is 5.44. The Morgan fingerprint density at radius 3 is 2.56 bits per heavy atom. The molecule has 96 valence electrons. The second kappa shape index (κ2) is 4.41. The molecule has 2 aromatic rings. The van der Waals surface area contributed by atoms with E-state index in [9.17, 15) is 18.0 Å². The number of rotatable bonds is 3. The van der Waals surface area contributed by atoms with E-state index in [1.165, 1.54) is 6.07 Å². The Labute approximate surface area is 103 Å². The van der Waals surface area contributed by atoms with Crippen molar-refractivity contribution in [3.05, 3.63) is 45.0 Å². The number of nitrogens with zero attached hydrogens (tertiary/aromatic N) is 1. The molecule has 0 fully saturated rings. The smallest absolute Gasteiger partial charge is 0.316 e. The average Bonchev–Trinajstić information content (AvgIpc) is 2.30. The highest BCUT2D eigenvalue weighted by Gasteiger charge is 2.19. The van der Waals surface area contributed by atoms with Gasteiger partial charge in [0.15, 0.2) is 0 Å². The number of hydrogen-bond acceptors (Lipinski definition) is 4. The van der Waals surface area contributed by atoms with E-state index in [0.717, 1.165) is 0 Å². The van der Waals surface area contributed by atoms with Gasteiger partial charge in [0.2, 0.25) is 10.0 Å². The molecule has 1 heterocycles. The molecule has 0 saturated heterocycles. The maximum absolute atomic E-state index is 12.0. The van der Waals surface area contributed by atoms with E-state index in [2.05, 4.69) is 4.98 Å². The lowest BCUT2D eigenvalue weighted by molar-refractivity contribution is 0.585. The Hall–Kier alpha value is -1.89. The number of nitrogens with one attached hydrogen (secondary N) is 1. The zero-order chi connectivity index (χ0) is 13.3. The van der Waals surface area contributed by atoms with Crippen molar-refractivity contribution < 1.29 is 8.42 Å². The van der Waals surface area contributed by atoms with Crippen LogP contribution < -0.4 is 11.1 Å². The molecule has 18 heavy (non-hydrogen) atoms. The molecule has 1 N–H and O–H groups in total. The van der Waals surface area contributed by atoms with Gasteiger partial charge in [0.1, 0.15) is 0 Å². The van der Waals surface area contributed by atoms with E-state index >= 15 is 0 Å². The summed E-state index contributed by atoms with van der Waals surface area (Å²) in [5.41, 5.74) is -1.49. The Morgan fingerprint density at radius 2 is 1.89 bits per heavy atom. The van der Waals surface area contributed by atoms with Crippen molar-refractivity contribution in [2.24, 2.45) is 0 Å². The molecular weight excluding hydrogens is 256 g/mol. The van der Waals surface area contributed by atoms with Crippen molar-refractivity contribution in [2.75, 3.05) is 5.75 Å². The van der Waals surface area contributed by atoms with Crippen LogP contribution in [0.5, 0.6) is 0 Å². The monoisotopic (exact) mass is 268 g/mol. The number of benzene rings is 1. The van der Waals surface area contributed by atoms with Crippen LogP contribution in [-0.2, 0) is 10.0 Å². The molecule has 0 aliphatic carbocycles. The molecule has 1 aromatic carbocycles. The third-order valence-electron chi connectivity index (χ3n) is 2.49. The lowest BCUT2D eigenvalue weighted by Gasteiger charge is -2.09. The second-order valence-corrected chi connectivity index (χ2v) is 5.79. The Balaban J connectivity index is 2.97.